The molecule has 0 saturated carbocycles. The summed E-state index contributed by atoms with van der Waals surface area (Å²) in [7, 11) is 1.37. The lowest BCUT2D eigenvalue weighted by Crippen LogP contribution is -2.26. The highest BCUT2D eigenvalue weighted by Crippen LogP contribution is 2.29. The summed E-state index contributed by atoms with van der Waals surface area (Å²) in [4.78, 5) is 37.0. The predicted octanol–water partition coefficient (Wildman–Crippen LogP) is 2.90. The molecule has 0 spiro atoms. The second-order valence-corrected chi connectivity index (χ2v) is 6.13. The molecule has 8 heteroatoms. The molecule has 1 aliphatic heterocycles. The van der Waals surface area contributed by atoms with E-state index in [0.29, 0.717) is 12.0 Å². The van der Waals surface area contributed by atoms with E-state index in [4.69, 9.17) is 0 Å². The molecule has 2 aromatic carbocycles. The van der Waals surface area contributed by atoms with Crippen LogP contribution in [0.2, 0.25) is 0 Å². The first-order valence-electron chi connectivity index (χ1n) is 8.09. The van der Waals surface area contributed by atoms with Gasteiger partial charge in [-0.25, -0.2) is 0 Å². The maximum Gasteiger partial charge on any atom is 0.416 e. The number of rotatable bonds is 4. The van der Waals surface area contributed by atoms with Crippen LogP contribution in [-0.4, -0.2) is 36.2 Å². The summed E-state index contributed by atoms with van der Waals surface area (Å²) in [5.41, 5.74) is 0.594. The molecule has 140 valence electrons. The lowest BCUT2D eigenvalue weighted by Gasteiger charge is -2.09. The molecular formula is C19H15F3N2O3. The number of amides is 3. The van der Waals surface area contributed by atoms with Crippen molar-refractivity contribution in [2.45, 2.75) is 12.6 Å². The monoisotopic (exact) mass is 376 g/mol. The largest absolute Gasteiger partial charge is 0.416 e. The average molecular weight is 376 g/mol. The summed E-state index contributed by atoms with van der Waals surface area (Å²) < 4.78 is 37.6. The minimum Gasteiger partial charge on any atom is -0.352 e. The molecule has 0 saturated heterocycles. The van der Waals surface area contributed by atoms with Crippen LogP contribution in [0, 0.1) is 0 Å². The maximum atomic E-state index is 12.5. The molecule has 0 radical (unpaired) electrons. The second-order valence-electron chi connectivity index (χ2n) is 6.13. The molecule has 2 aromatic rings. The number of hydrogen-bond acceptors (Lipinski definition) is 3. The van der Waals surface area contributed by atoms with Gasteiger partial charge in [0.05, 0.1) is 16.7 Å². The molecule has 0 aliphatic carbocycles. The van der Waals surface area contributed by atoms with Crippen molar-refractivity contribution in [1.82, 2.24) is 10.2 Å². The minimum atomic E-state index is -4.38. The number of carbonyl (C=O) groups excluding carboxylic acids is 3. The van der Waals surface area contributed by atoms with E-state index in [-0.39, 0.29) is 23.2 Å². The van der Waals surface area contributed by atoms with Gasteiger partial charge in [-0.1, -0.05) is 12.1 Å². The van der Waals surface area contributed by atoms with Gasteiger partial charge in [0.15, 0.2) is 0 Å². The highest BCUT2D eigenvalue weighted by atomic mass is 19.4. The number of fused-ring (bicyclic) bond motifs is 1. The van der Waals surface area contributed by atoms with Crippen molar-refractivity contribution in [3.63, 3.8) is 0 Å². The van der Waals surface area contributed by atoms with E-state index in [2.05, 4.69) is 5.32 Å². The van der Waals surface area contributed by atoms with Crippen molar-refractivity contribution in [2.75, 3.05) is 13.6 Å². The number of nitrogens with zero attached hydrogens (tertiary/aromatic N) is 1. The van der Waals surface area contributed by atoms with Gasteiger partial charge in [-0.15, -0.1) is 0 Å². The number of nitrogens with one attached hydrogen (secondary N) is 1. The number of alkyl halides is 3. The number of hydrogen-bond donors (Lipinski definition) is 1. The zero-order chi connectivity index (χ0) is 19.8. The normalized spacial score (nSPS) is 13.7. The molecule has 3 rings (SSSR count). The molecule has 0 fully saturated rings. The standard InChI is InChI=1S/C19H15F3N2O3/c1-24-17(26)14-7-4-12(10-15(14)18(24)27)16(25)23-9-8-11-2-5-13(6-3-11)19(20,21)22/h2-7,10H,8-9H2,1H3,(H,23,25). The van der Waals surface area contributed by atoms with Crippen molar-refractivity contribution in [1.29, 1.82) is 0 Å². The molecule has 0 atom stereocenters. The summed E-state index contributed by atoms with van der Waals surface area (Å²) in [6.45, 7) is 0.216. The van der Waals surface area contributed by atoms with Gasteiger partial charge in [0.25, 0.3) is 17.7 Å². The lowest BCUT2D eigenvalue weighted by atomic mass is 10.1. The molecule has 1 heterocycles. The van der Waals surface area contributed by atoms with E-state index >= 15 is 0 Å². The fourth-order valence-corrected chi connectivity index (χ4v) is 2.79. The van der Waals surface area contributed by atoms with Crippen LogP contribution >= 0.6 is 0 Å². The summed E-state index contributed by atoms with van der Waals surface area (Å²) in [6, 6.07) is 8.98. The van der Waals surface area contributed by atoms with E-state index in [1.165, 1.54) is 37.4 Å². The van der Waals surface area contributed by atoms with Crippen LogP contribution in [0.15, 0.2) is 42.5 Å². The summed E-state index contributed by atoms with van der Waals surface area (Å²) in [5, 5.41) is 2.65. The van der Waals surface area contributed by atoms with Crippen LogP contribution in [0.25, 0.3) is 0 Å². The van der Waals surface area contributed by atoms with Crippen LogP contribution in [-0.2, 0) is 12.6 Å². The molecule has 27 heavy (non-hydrogen) atoms. The summed E-state index contributed by atoms with van der Waals surface area (Å²) in [6.07, 6.45) is -4.03. The zero-order valence-corrected chi connectivity index (χ0v) is 14.3. The van der Waals surface area contributed by atoms with Crippen molar-refractivity contribution in [3.05, 3.63) is 70.3 Å². The predicted molar refractivity (Wildman–Crippen MR) is 90.3 cm³/mol. The average Bonchev–Trinajstić information content (AvgIpc) is 2.85. The summed E-state index contributed by atoms with van der Waals surface area (Å²) >= 11 is 0. The van der Waals surface area contributed by atoms with Gasteiger partial charge in [0.2, 0.25) is 0 Å². The molecule has 1 N–H and O–H groups in total. The van der Waals surface area contributed by atoms with Crippen LogP contribution in [0.5, 0.6) is 0 Å². The fraction of sp³-hybridized carbons (Fsp3) is 0.211. The Kier molecular flexibility index (Phi) is 4.73. The first kappa shape index (κ1) is 18.6. The molecule has 0 unspecified atom stereocenters. The van der Waals surface area contributed by atoms with Gasteiger partial charge in [0.1, 0.15) is 0 Å². The quantitative estimate of drug-likeness (QED) is 0.835. The Morgan fingerprint density at radius 2 is 1.63 bits per heavy atom. The molecule has 0 bridgehead atoms. The van der Waals surface area contributed by atoms with E-state index in [1.54, 1.807) is 0 Å². The van der Waals surface area contributed by atoms with Gasteiger partial charge in [-0.2, -0.15) is 13.2 Å². The first-order chi connectivity index (χ1) is 12.7. The van der Waals surface area contributed by atoms with Gasteiger partial charge in [0, 0.05) is 19.2 Å². The third-order valence-corrected chi connectivity index (χ3v) is 4.33. The number of imide groups is 1. The van der Waals surface area contributed by atoms with Crippen molar-refractivity contribution < 1.29 is 27.6 Å². The Hall–Kier alpha value is -3.16. The number of benzene rings is 2. The van der Waals surface area contributed by atoms with Gasteiger partial charge >= 0.3 is 6.18 Å². The third kappa shape index (κ3) is 3.69. The summed E-state index contributed by atoms with van der Waals surface area (Å²) in [5.74, 6) is -1.31. The molecule has 0 aromatic heterocycles. The zero-order valence-electron chi connectivity index (χ0n) is 14.3. The smallest absolute Gasteiger partial charge is 0.352 e. The van der Waals surface area contributed by atoms with Crippen molar-refractivity contribution >= 4 is 17.7 Å². The van der Waals surface area contributed by atoms with Crippen LogP contribution in [0.4, 0.5) is 13.2 Å². The Balaban J connectivity index is 1.61. The molecule has 5 nitrogen and oxygen atoms in total. The van der Waals surface area contributed by atoms with Gasteiger partial charge in [-0.3, -0.25) is 19.3 Å². The Morgan fingerprint density at radius 3 is 2.26 bits per heavy atom. The third-order valence-electron chi connectivity index (χ3n) is 4.33. The van der Waals surface area contributed by atoms with E-state index in [1.807, 2.05) is 0 Å². The fourth-order valence-electron chi connectivity index (χ4n) is 2.79. The van der Waals surface area contributed by atoms with E-state index in [0.717, 1.165) is 17.0 Å². The van der Waals surface area contributed by atoms with Gasteiger partial charge in [-0.05, 0) is 42.3 Å². The highest BCUT2D eigenvalue weighted by molar-refractivity contribution is 6.21. The Morgan fingerprint density at radius 1 is 1.00 bits per heavy atom. The lowest BCUT2D eigenvalue weighted by molar-refractivity contribution is -0.137. The number of halogens is 3. The van der Waals surface area contributed by atoms with Crippen molar-refractivity contribution in [2.24, 2.45) is 0 Å². The first-order valence-corrected chi connectivity index (χ1v) is 8.09. The molecule has 1 aliphatic rings. The Labute approximate surface area is 152 Å². The minimum absolute atomic E-state index is 0.179. The SMILES string of the molecule is CN1C(=O)c2ccc(C(=O)NCCc3ccc(C(F)(F)F)cc3)cc2C1=O. The van der Waals surface area contributed by atoms with E-state index < -0.39 is 29.5 Å². The highest BCUT2D eigenvalue weighted by Gasteiger charge is 2.33. The van der Waals surface area contributed by atoms with Crippen molar-refractivity contribution in [3.8, 4) is 0 Å². The van der Waals surface area contributed by atoms with Gasteiger partial charge < -0.3 is 5.32 Å². The van der Waals surface area contributed by atoms with E-state index in [9.17, 15) is 27.6 Å². The van der Waals surface area contributed by atoms with Crippen LogP contribution in [0.1, 0.15) is 42.2 Å². The molecule has 3 amide bonds. The maximum absolute atomic E-state index is 12.5. The molecular weight excluding hydrogens is 361 g/mol. The Bertz CT molecular complexity index is 921. The number of carbonyl (C=O) groups is 3. The van der Waals surface area contributed by atoms with Crippen LogP contribution in [0.3, 0.4) is 0 Å². The van der Waals surface area contributed by atoms with Crippen LogP contribution < -0.4 is 5.32 Å². The second kappa shape index (κ2) is 6.86. The topological polar surface area (TPSA) is 66.5 Å².